The van der Waals surface area contributed by atoms with E-state index in [1.54, 1.807) is 0 Å². The topological polar surface area (TPSA) is 74.6 Å². The molecule has 0 radical (unpaired) electrons. The molecule has 0 fully saturated rings. The van der Waals surface area contributed by atoms with Crippen molar-refractivity contribution < 1.29 is 19.8 Å². The van der Waals surface area contributed by atoms with Gasteiger partial charge in [0.1, 0.15) is 0 Å². The monoisotopic (exact) mass is 142 g/mol. The first kappa shape index (κ1) is 8.42. The van der Waals surface area contributed by atoms with Gasteiger partial charge in [0.15, 0.2) is 12.6 Å². The number of aliphatic hydroxyl groups is 2. The average molecular weight is 142 g/mol. The largest absolute Gasteiger partial charge is 0.515 e. The molecule has 0 saturated heterocycles. The van der Waals surface area contributed by atoms with Crippen molar-refractivity contribution in [1.29, 1.82) is 0 Å². The molecule has 0 aromatic heterocycles. The highest BCUT2D eigenvalue weighted by Gasteiger charge is 2.01. The second kappa shape index (κ2) is 4.31. The van der Waals surface area contributed by atoms with Crippen LogP contribution in [0.4, 0.5) is 0 Å². The van der Waals surface area contributed by atoms with Gasteiger partial charge in [0, 0.05) is 0 Å². The van der Waals surface area contributed by atoms with E-state index in [0.717, 1.165) is 0 Å². The van der Waals surface area contributed by atoms with Crippen molar-refractivity contribution in [2.24, 2.45) is 0 Å². The normalized spacial score (nSPS) is 12.8. The molecule has 0 heterocycles. The Bertz CT molecular complexity index is 168. The molecule has 0 rings (SSSR count). The minimum absolute atomic E-state index is 0.252. The maximum atomic E-state index is 9.96. The van der Waals surface area contributed by atoms with Gasteiger partial charge in [-0.3, -0.25) is 9.59 Å². The lowest BCUT2D eigenvalue weighted by molar-refractivity contribution is -0.107. The summed E-state index contributed by atoms with van der Waals surface area (Å²) in [7, 11) is 0. The van der Waals surface area contributed by atoms with Crippen molar-refractivity contribution in [3.05, 3.63) is 23.7 Å². The molecule has 0 unspecified atom stereocenters. The SMILES string of the molecule is O=CC(=C\O)/C(C=O)=C/O. The number of allylic oxidation sites excluding steroid dienone is 2. The van der Waals surface area contributed by atoms with Crippen LogP contribution in [0.5, 0.6) is 0 Å². The molecule has 0 saturated carbocycles. The maximum absolute atomic E-state index is 9.96. The molecule has 0 bridgehead atoms. The van der Waals surface area contributed by atoms with Gasteiger partial charge < -0.3 is 10.2 Å². The first-order valence-corrected chi connectivity index (χ1v) is 2.39. The second-order valence-electron chi connectivity index (χ2n) is 1.40. The van der Waals surface area contributed by atoms with Crippen molar-refractivity contribution >= 4 is 12.6 Å². The van der Waals surface area contributed by atoms with E-state index in [0.29, 0.717) is 12.5 Å². The smallest absolute Gasteiger partial charge is 0.153 e. The number of carbonyl (C=O) groups is 2. The molecule has 0 aromatic rings. The zero-order valence-electron chi connectivity index (χ0n) is 5.02. The van der Waals surface area contributed by atoms with Gasteiger partial charge in [-0.15, -0.1) is 0 Å². The van der Waals surface area contributed by atoms with Crippen LogP contribution in [0, 0.1) is 0 Å². The molecule has 10 heavy (non-hydrogen) atoms. The van der Waals surface area contributed by atoms with Crippen molar-refractivity contribution in [3.63, 3.8) is 0 Å². The summed E-state index contributed by atoms with van der Waals surface area (Å²) in [5, 5.41) is 16.5. The minimum atomic E-state index is -0.252. The third-order valence-electron chi connectivity index (χ3n) is 0.865. The van der Waals surface area contributed by atoms with E-state index in [1.807, 2.05) is 0 Å². The summed E-state index contributed by atoms with van der Waals surface area (Å²) >= 11 is 0. The van der Waals surface area contributed by atoms with Gasteiger partial charge in [0.25, 0.3) is 0 Å². The van der Waals surface area contributed by atoms with E-state index >= 15 is 0 Å². The summed E-state index contributed by atoms with van der Waals surface area (Å²) in [5.74, 6) is 0. The van der Waals surface area contributed by atoms with E-state index in [-0.39, 0.29) is 23.7 Å². The van der Waals surface area contributed by atoms with E-state index in [4.69, 9.17) is 10.2 Å². The van der Waals surface area contributed by atoms with Crippen molar-refractivity contribution in [3.8, 4) is 0 Å². The number of carbonyl (C=O) groups excluding carboxylic acids is 2. The van der Waals surface area contributed by atoms with Gasteiger partial charge in [0.05, 0.1) is 23.7 Å². The number of hydrogen-bond donors (Lipinski definition) is 2. The zero-order chi connectivity index (χ0) is 7.98. The molecular formula is C6H6O4. The van der Waals surface area contributed by atoms with Crippen LogP contribution in [0.1, 0.15) is 0 Å². The highest BCUT2D eigenvalue weighted by molar-refractivity contribution is 5.93. The lowest BCUT2D eigenvalue weighted by Crippen LogP contribution is -1.92. The Labute approximate surface area is 57.1 Å². The Morgan fingerprint density at radius 1 is 0.900 bits per heavy atom. The standard InChI is InChI=1S/C6H6O4/c7-1-5(2-8)6(3-9)4-10/h1-4,7,9H/b5-1+,6-3+. The lowest BCUT2D eigenvalue weighted by Gasteiger charge is -1.90. The molecule has 0 aliphatic rings. The molecule has 2 N–H and O–H groups in total. The number of aliphatic hydroxyl groups excluding tert-OH is 2. The number of aldehydes is 2. The van der Waals surface area contributed by atoms with E-state index < -0.39 is 0 Å². The molecule has 0 spiro atoms. The number of hydrogen-bond acceptors (Lipinski definition) is 4. The van der Waals surface area contributed by atoms with Crippen molar-refractivity contribution in [1.82, 2.24) is 0 Å². The molecule has 54 valence electrons. The molecular weight excluding hydrogens is 136 g/mol. The van der Waals surface area contributed by atoms with Crippen molar-refractivity contribution in [2.45, 2.75) is 0 Å². The summed E-state index contributed by atoms with van der Waals surface area (Å²) in [4.78, 5) is 19.9. The van der Waals surface area contributed by atoms with Crippen LogP contribution in [-0.4, -0.2) is 22.8 Å². The number of rotatable bonds is 3. The maximum Gasteiger partial charge on any atom is 0.153 e. The van der Waals surface area contributed by atoms with Gasteiger partial charge in [0.2, 0.25) is 0 Å². The molecule has 0 aliphatic carbocycles. The Kier molecular flexibility index (Phi) is 3.63. The fraction of sp³-hybridized carbons (Fsp3) is 0. The molecule has 0 aliphatic heterocycles. The summed E-state index contributed by atoms with van der Waals surface area (Å²) < 4.78 is 0. The Morgan fingerprint density at radius 2 is 1.20 bits per heavy atom. The van der Waals surface area contributed by atoms with Gasteiger partial charge in [-0.05, 0) is 0 Å². The molecule has 0 amide bonds. The van der Waals surface area contributed by atoms with Gasteiger partial charge in [-0.1, -0.05) is 0 Å². The summed E-state index contributed by atoms with van der Waals surface area (Å²) in [6.45, 7) is 0. The van der Waals surface area contributed by atoms with Crippen LogP contribution < -0.4 is 0 Å². The first-order valence-electron chi connectivity index (χ1n) is 2.39. The third-order valence-corrected chi connectivity index (χ3v) is 0.865. The van der Waals surface area contributed by atoms with Crippen LogP contribution in [0.25, 0.3) is 0 Å². The van der Waals surface area contributed by atoms with E-state index in [9.17, 15) is 9.59 Å². The van der Waals surface area contributed by atoms with Crippen LogP contribution in [0.2, 0.25) is 0 Å². The Balaban J connectivity index is 4.58. The van der Waals surface area contributed by atoms with E-state index in [1.165, 1.54) is 0 Å². The van der Waals surface area contributed by atoms with Gasteiger partial charge >= 0.3 is 0 Å². The second-order valence-corrected chi connectivity index (χ2v) is 1.40. The van der Waals surface area contributed by atoms with Gasteiger partial charge in [-0.2, -0.15) is 0 Å². The fourth-order valence-electron chi connectivity index (χ4n) is 0.346. The molecule has 4 nitrogen and oxygen atoms in total. The molecule has 4 heteroatoms. The predicted molar refractivity (Wildman–Crippen MR) is 33.6 cm³/mol. The van der Waals surface area contributed by atoms with Crippen LogP contribution >= 0.6 is 0 Å². The minimum Gasteiger partial charge on any atom is -0.515 e. The zero-order valence-corrected chi connectivity index (χ0v) is 5.02. The first-order chi connectivity index (χ1) is 4.79. The summed E-state index contributed by atoms with van der Waals surface area (Å²) in [5.41, 5.74) is -0.505. The Hall–Kier alpha value is -1.58. The highest BCUT2D eigenvalue weighted by Crippen LogP contribution is 2.00. The van der Waals surface area contributed by atoms with Crippen LogP contribution in [0.3, 0.4) is 0 Å². The highest BCUT2D eigenvalue weighted by atomic mass is 16.2. The molecule has 0 atom stereocenters. The van der Waals surface area contributed by atoms with Crippen LogP contribution in [0.15, 0.2) is 23.7 Å². The lowest BCUT2D eigenvalue weighted by atomic mass is 10.2. The quantitative estimate of drug-likeness (QED) is 0.256. The summed E-state index contributed by atoms with van der Waals surface area (Å²) in [6, 6.07) is 0. The van der Waals surface area contributed by atoms with Gasteiger partial charge in [-0.25, -0.2) is 0 Å². The summed E-state index contributed by atoms with van der Waals surface area (Å²) in [6.07, 6.45) is 1.42. The average Bonchev–Trinajstić information content (AvgIpc) is 2.00. The fourth-order valence-corrected chi connectivity index (χ4v) is 0.346. The molecule has 0 aromatic carbocycles. The third kappa shape index (κ3) is 1.74. The van der Waals surface area contributed by atoms with Crippen molar-refractivity contribution in [2.75, 3.05) is 0 Å². The Morgan fingerprint density at radius 3 is 1.30 bits per heavy atom. The predicted octanol–water partition coefficient (Wildman–Crippen LogP) is 0.268. The van der Waals surface area contributed by atoms with Crippen LogP contribution in [-0.2, 0) is 9.59 Å². The van der Waals surface area contributed by atoms with E-state index in [2.05, 4.69) is 0 Å².